The molecule has 0 aromatic heterocycles. The van der Waals surface area contributed by atoms with Gasteiger partial charge in [0.1, 0.15) is 5.82 Å². The highest BCUT2D eigenvalue weighted by Crippen LogP contribution is 2.34. The van der Waals surface area contributed by atoms with E-state index < -0.39 is 53.6 Å². The normalized spacial score (nSPS) is 17.0. The average Bonchev–Trinajstić information content (AvgIpc) is 2.96. The van der Waals surface area contributed by atoms with E-state index in [1.165, 1.54) is 36.2 Å². The second-order valence-corrected chi connectivity index (χ2v) is 6.77. The van der Waals surface area contributed by atoms with Gasteiger partial charge >= 0.3 is 6.18 Å². The molecule has 2 aromatic rings. The van der Waals surface area contributed by atoms with E-state index in [-0.39, 0.29) is 12.1 Å². The van der Waals surface area contributed by atoms with E-state index in [9.17, 15) is 31.9 Å². The number of amides is 3. The summed E-state index contributed by atoms with van der Waals surface area (Å²) in [5.74, 6) is -2.42. The van der Waals surface area contributed by atoms with Crippen molar-refractivity contribution < 1.29 is 31.9 Å². The molecule has 0 spiro atoms. The van der Waals surface area contributed by atoms with Crippen molar-refractivity contribution in [2.45, 2.75) is 18.6 Å². The molecule has 6 nitrogen and oxygen atoms in total. The number of nitrogens with one attached hydrogen (secondary N) is 1. The summed E-state index contributed by atoms with van der Waals surface area (Å²) in [6, 6.07) is 8.36. The van der Waals surface area contributed by atoms with Crippen LogP contribution >= 0.6 is 0 Å². The lowest BCUT2D eigenvalue weighted by molar-refractivity contribution is -0.137. The van der Waals surface area contributed by atoms with Gasteiger partial charge in [-0.05, 0) is 43.4 Å². The van der Waals surface area contributed by atoms with Crippen molar-refractivity contribution in [1.82, 2.24) is 4.90 Å². The van der Waals surface area contributed by atoms with Crippen LogP contribution in [0.3, 0.4) is 0 Å². The molecule has 1 aliphatic rings. The lowest BCUT2D eigenvalue weighted by atomic mass is 10.1. The van der Waals surface area contributed by atoms with E-state index in [2.05, 4.69) is 5.32 Å². The Morgan fingerprint density at radius 3 is 2.40 bits per heavy atom. The molecular weight excluding hydrogens is 406 g/mol. The Hall–Kier alpha value is -3.27. The van der Waals surface area contributed by atoms with Gasteiger partial charge in [0.2, 0.25) is 11.8 Å². The summed E-state index contributed by atoms with van der Waals surface area (Å²) >= 11 is 0. The van der Waals surface area contributed by atoms with Crippen LogP contribution in [0.5, 0.6) is 0 Å². The van der Waals surface area contributed by atoms with Crippen LogP contribution in [-0.4, -0.2) is 42.3 Å². The maximum atomic E-state index is 13.1. The van der Waals surface area contributed by atoms with Crippen molar-refractivity contribution in [2.75, 3.05) is 23.8 Å². The molecule has 30 heavy (non-hydrogen) atoms. The Morgan fingerprint density at radius 2 is 1.77 bits per heavy atom. The molecule has 10 heteroatoms. The first-order valence-corrected chi connectivity index (χ1v) is 8.86. The number of likely N-dealkylation sites (N-methyl/N-ethyl adjacent to an activating group) is 1. The molecule has 1 fully saturated rings. The van der Waals surface area contributed by atoms with E-state index in [0.29, 0.717) is 0 Å². The van der Waals surface area contributed by atoms with Crippen molar-refractivity contribution in [1.29, 1.82) is 0 Å². The molecule has 1 N–H and O–H groups in total. The molecule has 0 saturated carbocycles. The Kier molecular flexibility index (Phi) is 5.88. The van der Waals surface area contributed by atoms with Gasteiger partial charge in [0, 0.05) is 0 Å². The molecule has 0 aliphatic carbocycles. The van der Waals surface area contributed by atoms with Crippen LogP contribution in [0.1, 0.15) is 12.0 Å². The third kappa shape index (κ3) is 4.48. The number of hydrogen-bond acceptors (Lipinski definition) is 4. The first-order chi connectivity index (χ1) is 14.1. The van der Waals surface area contributed by atoms with Crippen molar-refractivity contribution in [2.24, 2.45) is 0 Å². The summed E-state index contributed by atoms with van der Waals surface area (Å²) < 4.78 is 52.3. The largest absolute Gasteiger partial charge is 0.418 e. The third-order valence-corrected chi connectivity index (χ3v) is 4.64. The predicted molar refractivity (Wildman–Crippen MR) is 100 cm³/mol. The van der Waals surface area contributed by atoms with E-state index in [0.717, 1.165) is 29.2 Å². The predicted octanol–water partition coefficient (Wildman–Crippen LogP) is 3.05. The van der Waals surface area contributed by atoms with Crippen LogP contribution in [0.25, 0.3) is 0 Å². The standard InChI is InChI=1S/C20H17F4N3O3/c1-26(11-17(28)25-15-5-3-2-4-14(15)20(22,23)24)16-10-18(29)27(19(16)30)13-8-6-12(21)7-9-13/h2-9,16H,10-11H2,1H3,(H,25,28)/t16-/m1/s1. The lowest BCUT2D eigenvalue weighted by Crippen LogP contribution is -2.43. The number of hydrogen-bond donors (Lipinski definition) is 1. The number of carbonyl (C=O) groups excluding carboxylic acids is 3. The monoisotopic (exact) mass is 423 g/mol. The number of anilines is 2. The number of imide groups is 1. The van der Waals surface area contributed by atoms with Gasteiger partial charge in [-0.1, -0.05) is 12.1 Å². The van der Waals surface area contributed by atoms with Gasteiger partial charge in [-0.3, -0.25) is 19.3 Å². The number of halogens is 4. The zero-order chi connectivity index (χ0) is 22.1. The maximum absolute atomic E-state index is 13.1. The van der Waals surface area contributed by atoms with Gasteiger partial charge in [0.25, 0.3) is 5.91 Å². The Balaban J connectivity index is 1.69. The van der Waals surface area contributed by atoms with E-state index in [1.807, 2.05) is 0 Å². The van der Waals surface area contributed by atoms with Crippen LogP contribution in [0.2, 0.25) is 0 Å². The first kappa shape index (κ1) is 21.4. The van der Waals surface area contributed by atoms with Crippen molar-refractivity contribution in [3.63, 3.8) is 0 Å². The van der Waals surface area contributed by atoms with E-state index in [1.54, 1.807) is 0 Å². The molecule has 2 aromatic carbocycles. The second-order valence-electron chi connectivity index (χ2n) is 6.77. The Labute approximate surface area is 169 Å². The minimum absolute atomic E-state index is 0.200. The summed E-state index contributed by atoms with van der Waals surface area (Å²) in [5.41, 5.74) is -1.19. The van der Waals surface area contributed by atoms with Crippen molar-refractivity contribution in [3.8, 4) is 0 Å². The van der Waals surface area contributed by atoms with Crippen LogP contribution in [0.4, 0.5) is 28.9 Å². The fourth-order valence-electron chi connectivity index (χ4n) is 3.19. The minimum Gasteiger partial charge on any atom is -0.324 e. The first-order valence-electron chi connectivity index (χ1n) is 8.86. The van der Waals surface area contributed by atoms with Gasteiger partial charge < -0.3 is 5.32 Å². The highest BCUT2D eigenvalue weighted by atomic mass is 19.4. The number of para-hydroxylation sites is 1. The molecule has 1 saturated heterocycles. The van der Waals surface area contributed by atoms with Gasteiger partial charge in [0.05, 0.1) is 35.9 Å². The summed E-state index contributed by atoms with van der Waals surface area (Å²) in [4.78, 5) is 39.4. The fraction of sp³-hybridized carbons (Fsp3) is 0.250. The lowest BCUT2D eigenvalue weighted by Gasteiger charge is -2.22. The smallest absolute Gasteiger partial charge is 0.324 e. The Bertz CT molecular complexity index is 976. The van der Waals surface area contributed by atoms with Gasteiger partial charge in [-0.2, -0.15) is 13.2 Å². The second kappa shape index (κ2) is 8.23. The highest BCUT2D eigenvalue weighted by molar-refractivity contribution is 6.22. The highest BCUT2D eigenvalue weighted by Gasteiger charge is 2.42. The van der Waals surface area contributed by atoms with Gasteiger partial charge in [-0.25, -0.2) is 9.29 Å². The molecule has 1 heterocycles. The summed E-state index contributed by atoms with van der Waals surface area (Å²) in [7, 11) is 1.42. The molecular formula is C20H17F4N3O3. The van der Waals surface area contributed by atoms with Crippen LogP contribution in [0.15, 0.2) is 48.5 Å². The topological polar surface area (TPSA) is 69.7 Å². The van der Waals surface area contributed by atoms with Crippen LogP contribution in [-0.2, 0) is 20.6 Å². The average molecular weight is 423 g/mol. The molecule has 0 unspecified atom stereocenters. The van der Waals surface area contributed by atoms with E-state index >= 15 is 0 Å². The van der Waals surface area contributed by atoms with Crippen molar-refractivity contribution in [3.05, 3.63) is 59.9 Å². The number of nitrogens with zero attached hydrogens (tertiary/aromatic N) is 2. The Morgan fingerprint density at radius 1 is 1.13 bits per heavy atom. The van der Waals surface area contributed by atoms with Gasteiger partial charge in [-0.15, -0.1) is 0 Å². The fourth-order valence-corrected chi connectivity index (χ4v) is 3.19. The zero-order valence-electron chi connectivity index (χ0n) is 15.7. The number of carbonyl (C=O) groups is 3. The molecule has 158 valence electrons. The zero-order valence-corrected chi connectivity index (χ0v) is 15.7. The number of alkyl halides is 3. The molecule has 0 radical (unpaired) electrons. The van der Waals surface area contributed by atoms with Gasteiger partial charge in [0.15, 0.2) is 0 Å². The molecule has 1 aliphatic heterocycles. The van der Waals surface area contributed by atoms with Crippen molar-refractivity contribution >= 4 is 29.1 Å². The summed E-state index contributed by atoms with van der Waals surface area (Å²) in [5, 5.41) is 2.19. The molecule has 3 amide bonds. The SMILES string of the molecule is CN(CC(=O)Nc1ccccc1C(F)(F)F)[C@@H]1CC(=O)N(c2ccc(F)cc2)C1=O. The third-order valence-electron chi connectivity index (χ3n) is 4.64. The number of rotatable bonds is 5. The minimum atomic E-state index is -4.64. The molecule has 0 bridgehead atoms. The molecule has 1 atom stereocenters. The summed E-state index contributed by atoms with van der Waals surface area (Å²) in [6.07, 6.45) is -4.85. The maximum Gasteiger partial charge on any atom is 0.418 e. The summed E-state index contributed by atoms with van der Waals surface area (Å²) in [6.45, 7) is -0.410. The number of benzene rings is 2. The molecule has 3 rings (SSSR count). The van der Waals surface area contributed by atoms with E-state index in [4.69, 9.17) is 0 Å². The van der Waals surface area contributed by atoms with Crippen LogP contribution < -0.4 is 10.2 Å². The quantitative estimate of drug-likeness (QED) is 0.593. The van der Waals surface area contributed by atoms with Crippen LogP contribution in [0, 0.1) is 5.82 Å².